The van der Waals surface area contributed by atoms with Gasteiger partial charge in [-0.05, 0) is 80.1 Å². The van der Waals surface area contributed by atoms with E-state index in [0.717, 1.165) is 31.1 Å². The molecule has 6 rings (SSSR count). The topological polar surface area (TPSA) is 62.7 Å². The highest BCUT2D eigenvalue weighted by molar-refractivity contribution is 5.67. The summed E-state index contributed by atoms with van der Waals surface area (Å²) in [6, 6.07) is 4.27. The van der Waals surface area contributed by atoms with E-state index in [9.17, 15) is 9.90 Å². The Morgan fingerprint density at radius 2 is 2.13 bits per heavy atom. The van der Waals surface area contributed by atoms with E-state index in [1.54, 1.807) is 5.57 Å². The lowest BCUT2D eigenvalue weighted by atomic mass is 9.46. The van der Waals surface area contributed by atoms with Gasteiger partial charge in [0.05, 0.1) is 6.10 Å². The first kappa shape index (κ1) is 19.0. The number of allylic oxidation sites excluding steroid dienone is 2. The molecule has 160 valence electrons. The molecule has 4 heteroatoms. The molecule has 8 atom stereocenters. The van der Waals surface area contributed by atoms with E-state index in [4.69, 9.17) is 4.74 Å². The molecule has 0 bridgehead atoms. The summed E-state index contributed by atoms with van der Waals surface area (Å²) in [4.78, 5) is 15.7. The fourth-order valence-corrected chi connectivity index (χ4v) is 8.68. The van der Waals surface area contributed by atoms with Gasteiger partial charge >= 0.3 is 5.97 Å². The second-order valence-corrected chi connectivity index (χ2v) is 11.2. The molecule has 1 aliphatic heterocycles. The van der Waals surface area contributed by atoms with E-state index in [1.165, 1.54) is 31.2 Å². The zero-order chi connectivity index (χ0) is 20.7. The van der Waals surface area contributed by atoms with Gasteiger partial charge in [0.25, 0.3) is 0 Å². The predicted molar refractivity (Wildman–Crippen MR) is 114 cm³/mol. The molecule has 30 heavy (non-hydrogen) atoms. The molecule has 5 aliphatic rings. The number of pyridine rings is 1. The first-order chi connectivity index (χ1) is 14.4. The van der Waals surface area contributed by atoms with Crippen LogP contribution in [-0.2, 0) is 15.1 Å². The van der Waals surface area contributed by atoms with Gasteiger partial charge in [-0.1, -0.05) is 31.6 Å². The minimum atomic E-state index is -0.641. The summed E-state index contributed by atoms with van der Waals surface area (Å²) < 4.78 is 6.45. The number of nitrogens with zero attached hydrogens (tertiary/aromatic N) is 1. The Balaban J connectivity index is 1.30. The lowest BCUT2D eigenvalue weighted by Crippen LogP contribution is -2.52. The third kappa shape index (κ3) is 2.32. The predicted octanol–water partition coefficient (Wildman–Crippen LogP) is 5.34. The monoisotopic (exact) mass is 407 g/mol. The number of carboxylic acids is 1. The van der Waals surface area contributed by atoms with Crippen molar-refractivity contribution in [3.05, 3.63) is 41.7 Å². The van der Waals surface area contributed by atoms with Crippen LogP contribution >= 0.6 is 0 Å². The minimum Gasteiger partial charge on any atom is -0.481 e. The zero-order valence-corrected chi connectivity index (χ0v) is 18.1. The standard InChI is InChI=1S/C26H33NO3/c1-24-9-7-16(13-23(28)29)12-17(24)5-6-19-20(24)8-10-25(2)21(19)14-22-26(25,30-22)18-4-3-11-27-15-18/h3-5,11,15-16,19-22H,6-10,12-14H2,1-2H3,(H,28,29)/t16-,19+,20-,21-,22-,24-,25-,26-/m0/s1. The van der Waals surface area contributed by atoms with Crippen molar-refractivity contribution in [3.8, 4) is 0 Å². The highest BCUT2D eigenvalue weighted by Crippen LogP contribution is 2.76. The average molecular weight is 408 g/mol. The van der Waals surface area contributed by atoms with Crippen molar-refractivity contribution in [1.82, 2.24) is 4.98 Å². The van der Waals surface area contributed by atoms with E-state index in [2.05, 4.69) is 37.0 Å². The van der Waals surface area contributed by atoms with E-state index in [-0.39, 0.29) is 16.4 Å². The Hall–Kier alpha value is -1.68. The van der Waals surface area contributed by atoms with Gasteiger partial charge in [-0.25, -0.2) is 0 Å². The van der Waals surface area contributed by atoms with Crippen molar-refractivity contribution < 1.29 is 14.6 Å². The molecule has 0 radical (unpaired) electrons. The van der Waals surface area contributed by atoms with Crippen LogP contribution in [0.5, 0.6) is 0 Å². The summed E-state index contributed by atoms with van der Waals surface area (Å²) in [5.41, 5.74) is 3.22. The number of fused-ring (bicyclic) bond motifs is 7. The van der Waals surface area contributed by atoms with Crippen LogP contribution in [0.2, 0.25) is 0 Å². The van der Waals surface area contributed by atoms with Gasteiger partial charge in [-0.3, -0.25) is 9.78 Å². The van der Waals surface area contributed by atoms with Crippen molar-refractivity contribution >= 4 is 5.97 Å². The first-order valence-corrected chi connectivity index (χ1v) is 11.9. The molecule has 1 saturated heterocycles. The smallest absolute Gasteiger partial charge is 0.303 e. The Morgan fingerprint density at radius 3 is 2.90 bits per heavy atom. The Morgan fingerprint density at radius 1 is 1.27 bits per heavy atom. The maximum absolute atomic E-state index is 11.2. The second kappa shape index (κ2) is 6.18. The fraction of sp³-hybridized carbons (Fsp3) is 0.692. The van der Waals surface area contributed by atoms with Gasteiger partial charge in [0.15, 0.2) is 0 Å². The molecule has 2 heterocycles. The maximum atomic E-state index is 11.2. The third-order valence-corrected chi connectivity index (χ3v) is 10.2. The number of epoxide rings is 1. The number of carboxylic acid groups (broad SMARTS) is 1. The molecule has 0 amide bonds. The van der Waals surface area contributed by atoms with Crippen molar-refractivity contribution in [1.29, 1.82) is 0 Å². The lowest BCUT2D eigenvalue weighted by Gasteiger charge is -2.58. The number of aliphatic carboxylic acids is 1. The summed E-state index contributed by atoms with van der Waals surface area (Å²) in [6.07, 6.45) is 15.2. The summed E-state index contributed by atoms with van der Waals surface area (Å²) in [7, 11) is 0. The third-order valence-electron chi connectivity index (χ3n) is 10.2. The lowest BCUT2D eigenvalue weighted by molar-refractivity contribution is -0.138. The molecular weight excluding hydrogens is 374 g/mol. The van der Waals surface area contributed by atoms with Crippen molar-refractivity contribution in [2.45, 2.75) is 76.9 Å². The van der Waals surface area contributed by atoms with E-state index in [0.29, 0.717) is 24.4 Å². The Kier molecular flexibility index (Phi) is 3.92. The van der Waals surface area contributed by atoms with Crippen LogP contribution in [0.1, 0.15) is 70.8 Å². The highest BCUT2D eigenvalue weighted by Gasteiger charge is 2.77. The van der Waals surface area contributed by atoms with Gasteiger partial charge in [0.1, 0.15) is 5.60 Å². The number of rotatable bonds is 3. The second-order valence-electron chi connectivity index (χ2n) is 11.2. The molecule has 0 unspecified atom stereocenters. The summed E-state index contributed by atoms with van der Waals surface area (Å²) in [5, 5.41) is 9.26. The Labute approximate surface area is 179 Å². The molecule has 1 N–H and O–H groups in total. The number of hydrogen-bond donors (Lipinski definition) is 1. The number of ether oxygens (including phenoxy) is 1. The highest BCUT2D eigenvalue weighted by atomic mass is 16.6. The van der Waals surface area contributed by atoms with Crippen LogP contribution in [0.25, 0.3) is 0 Å². The number of hydrogen-bond acceptors (Lipinski definition) is 3. The largest absolute Gasteiger partial charge is 0.481 e. The van der Waals surface area contributed by atoms with Crippen LogP contribution in [0, 0.1) is 34.5 Å². The van der Waals surface area contributed by atoms with E-state index < -0.39 is 5.97 Å². The quantitative estimate of drug-likeness (QED) is 0.543. The maximum Gasteiger partial charge on any atom is 0.303 e. The summed E-state index contributed by atoms with van der Waals surface area (Å²) in [6.45, 7) is 5.00. The van der Waals surface area contributed by atoms with Crippen LogP contribution in [-0.4, -0.2) is 22.2 Å². The van der Waals surface area contributed by atoms with Crippen LogP contribution in [0.4, 0.5) is 0 Å². The van der Waals surface area contributed by atoms with Crippen LogP contribution in [0.15, 0.2) is 36.2 Å². The molecule has 4 aliphatic carbocycles. The minimum absolute atomic E-state index is 0.110. The summed E-state index contributed by atoms with van der Waals surface area (Å²) in [5.74, 6) is 1.87. The number of carbonyl (C=O) groups is 1. The van der Waals surface area contributed by atoms with Gasteiger partial charge in [0, 0.05) is 29.8 Å². The molecule has 4 nitrogen and oxygen atoms in total. The molecule has 1 aromatic heterocycles. The molecule has 1 aromatic rings. The first-order valence-electron chi connectivity index (χ1n) is 11.9. The normalized spacial score (nSPS) is 48.6. The van der Waals surface area contributed by atoms with Crippen molar-refractivity contribution in [3.63, 3.8) is 0 Å². The van der Waals surface area contributed by atoms with Crippen molar-refractivity contribution in [2.75, 3.05) is 0 Å². The van der Waals surface area contributed by atoms with Gasteiger partial charge in [-0.15, -0.1) is 0 Å². The average Bonchev–Trinajstić information content (AvgIpc) is 3.40. The molecule has 3 saturated carbocycles. The number of aromatic nitrogens is 1. The van der Waals surface area contributed by atoms with Gasteiger partial charge < -0.3 is 9.84 Å². The fourth-order valence-electron chi connectivity index (χ4n) is 8.68. The summed E-state index contributed by atoms with van der Waals surface area (Å²) >= 11 is 0. The van der Waals surface area contributed by atoms with Crippen molar-refractivity contribution in [2.24, 2.45) is 34.5 Å². The van der Waals surface area contributed by atoms with E-state index >= 15 is 0 Å². The Bertz CT molecular complexity index is 912. The van der Waals surface area contributed by atoms with E-state index in [1.807, 2.05) is 12.4 Å². The SMILES string of the molecule is C[C@]12CC[C@H](CC(=O)O)CC1=CC[C@@H]1[C@@H]2CC[C@@]2(C)[C@H]1C[C@@H]1O[C@@]12c1cccnc1. The van der Waals surface area contributed by atoms with Gasteiger partial charge in [0.2, 0.25) is 0 Å². The van der Waals surface area contributed by atoms with Crippen LogP contribution in [0.3, 0.4) is 0 Å². The molecular formula is C26H33NO3. The van der Waals surface area contributed by atoms with Crippen LogP contribution < -0.4 is 0 Å². The molecule has 4 fully saturated rings. The molecule has 0 spiro atoms. The van der Waals surface area contributed by atoms with Gasteiger partial charge in [-0.2, -0.15) is 0 Å². The zero-order valence-electron chi connectivity index (χ0n) is 18.1. The molecule has 0 aromatic carbocycles.